The summed E-state index contributed by atoms with van der Waals surface area (Å²) in [5.41, 5.74) is -0.0218. The first-order valence-corrected chi connectivity index (χ1v) is 11.3. The molecule has 1 fully saturated rings. The second-order valence-electron chi connectivity index (χ2n) is 7.46. The summed E-state index contributed by atoms with van der Waals surface area (Å²) >= 11 is 0. The third-order valence-corrected chi connectivity index (χ3v) is 6.68. The maximum absolute atomic E-state index is 12.6. The van der Waals surface area contributed by atoms with Crippen LogP contribution in [0.4, 0.5) is 11.4 Å². The summed E-state index contributed by atoms with van der Waals surface area (Å²) in [6.45, 7) is 0.496. The van der Waals surface area contributed by atoms with Crippen LogP contribution in [0, 0.1) is 33.3 Å². The summed E-state index contributed by atoms with van der Waals surface area (Å²) < 4.78 is 27.1. The van der Waals surface area contributed by atoms with Gasteiger partial charge in [0.1, 0.15) is 5.69 Å². The number of nitro benzene ring substituents is 1. The Kier molecular flexibility index (Phi) is 6.87. The van der Waals surface area contributed by atoms with E-state index in [4.69, 9.17) is 5.26 Å². The minimum Gasteiger partial charge on any atom is -0.379 e. The first-order valence-electron chi connectivity index (χ1n) is 9.84. The molecule has 0 radical (unpaired) electrons. The number of nitro groups is 1. The van der Waals surface area contributed by atoms with E-state index in [-0.39, 0.29) is 33.7 Å². The Morgan fingerprint density at radius 1 is 1.13 bits per heavy atom. The summed E-state index contributed by atoms with van der Waals surface area (Å²) in [4.78, 5) is 22.7. The van der Waals surface area contributed by atoms with Gasteiger partial charge in [0.05, 0.1) is 15.9 Å². The lowest BCUT2D eigenvalue weighted by molar-refractivity contribution is -0.384. The van der Waals surface area contributed by atoms with Crippen molar-refractivity contribution in [3.05, 3.63) is 64.2 Å². The number of anilines is 1. The molecule has 0 spiro atoms. The molecule has 9 nitrogen and oxygen atoms in total. The smallest absolute Gasteiger partial charge is 0.293 e. The number of benzene rings is 2. The molecular weight excluding hydrogens is 420 g/mol. The van der Waals surface area contributed by atoms with Gasteiger partial charge < -0.3 is 5.32 Å². The quantitative estimate of drug-likeness (QED) is 0.494. The summed E-state index contributed by atoms with van der Waals surface area (Å²) in [6.07, 6.45) is 3.33. The zero-order chi connectivity index (χ0) is 22.4. The Balaban J connectivity index is 1.73. The van der Waals surface area contributed by atoms with E-state index in [0.717, 1.165) is 31.7 Å². The normalized spacial score (nSPS) is 18.5. The number of hydrogen-bond acceptors (Lipinski definition) is 7. The van der Waals surface area contributed by atoms with Crippen LogP contribution in [0.2, 0.25) is 0 Å². The van der Waals surface area contributed by atoms with E-state index in [1.807, 2.05) is 4.72 Å². The minimum atomic E-state index is -4.29. The first kappa shape index (κ1) is 22.2. The van der Waals surface area contributed by atoms with Crippen molar-refractivity contribution in [3.63, 3.8) is 0 Å². The van der Waals surface area contributed by atoms with Gasteiger partial charge in [0, 0.05) is 24.1 Å². The van der Waals surface area contributed by atoms with E-state index in [2.05, 4.69) is 11.4 Å². The average Bonchev–Trinajstić information content (AvgIpc) is 2.78. The zero-order valence-electron chi connectivity index (χ0n) is 16.7. The fourth-order valence-electron chi connectivity index (χ4n) is 3.56. The summed E-state index contributed by atoms with van der Waals surface area (Å²) in [6, 6.07) is 13.6. The molecule has 1 aliphatic rings. The van der Waals surface area contributed by atoms with E-state index in [9.17, 15) is 23.3 Å². The number of amides is 1. The van der Waals surface area contributed by atoms with Crippen molar-refractivity contribution in [1.29, 1.82) is 5.26 Å². The Hall–Kier alpha value is -3.45. The third-order valence-electron chi connectivity index (χ3n) is 5.35. The van der Waals surface area contributed by atoms with Crippen molar-refractivity contribution in [2.45, 2.75) is 30.6 Å². The monoisotopic (exact) mass is 442 g/mol. The minimum absolute atomic E-state index is 0.0705. The molecule has 0 saturated heterocycles. The van der Waals surface area contributed by atoms with Gasteiger partial charge in [-0.1, -0.05) is 18.2 Å². The van der Waals surface area contributed by atoms with Gasteiger partial charge >= 0.3 is 0 Å². The Morgan fingerprint density at radius 3 is 2.42 bits per heavy atom. The second kappa shape index (κ2) is 9.57. The van der Waals surface area contributed by atoms with Crippen LogP contribution in [0.5, 0.6) is 0 Å². The molecule has 2 aromatic carbocycles. The molecule has 1 aliphatic carbocycles. The molecule has 2 N–H and O–H groups in total. The number of nitriles is 1. The molecule has 0 aromatic heterocycles. The molecule has 31 heavy (non-hydrogen) atoms. The number of carbonyl (C=O) groups excluding carboxylic acids is 1. The van der Waals surface area contributed by atoms with E-state index in [1.54, 1.807) is 18.2 Å². The number of carbonyl (C=O) groups is 1. The van der Waals surface area contributed by atoms with Crippen molar-refractivity contribution < 1.29 is 18.1 Å². The van der Waals surface area contributed by atoms with Crippen molar-refractivity contribution in [2.24, 2.45) is 11.8 Å². The summed E-state index contributed by atoms with van der Waals surface area (Å²) in [5, 5.41) is 23.5. The van der Waals surface area contributed by atoms with Gasteiger partial charge in [-0.2, -0.15) is 5.26 Å². The van der Waals surface area contributed by atoms with Crippen molar-refractivity contribution in [2.75, 3.05) is 11.9 Å². The van der Waals surface area contributed by atoms with E-state index < -0.39 is 20.9 Å². The molecule has 10 heteroatoms. The second-order valence-corrected chi connectivity index (χ2v) is 9.15. The van der Waals surface area contributed by atoms with Crippen LogP contribution in [0.25, 0.3) is 0 Å². The summed E-state index contributed by atoms with van der Waals surface area (Å²) in [7, 11) is -4.29. The van der Waals surface area contributed by atoms with Gasteiger partial charge in [0.25, 0.3) is 21.6 Å². The van der Waals surface area contributed by atoms with Crippen LogP contribution in [0.15, 0.2) is 53.4 Å². The highest BCUT2D eigenvalue weighted by molar-refractivity contribution is 7.90. The molecule has 1 amide bonds. The van der Waals surface area contributed by atoms with Gasteiger partial charge in [-0.3, -0.25) is 14.9 Å². The topological polar surface area (TPSA) is 142 Å². The lowest BCUT2D eigenvalue weighted by atomic mass is 9.83. The molecule has 0 heterocycles. The number of rotatable bonds is 7. The van der Waals surface area contributed by atoms with E-state index in [0.29, 0.717) is 6.54 Å². The average molecular weight is 442 g/mol. The fraction of sp³-hybridized carbons (Fsp3) is 0.333. The standard InChI is InChI=1S/C21H22N4O5S/c22-13-15-6-8-16(9-7-15)14-23-19-11-10-18(12-20(19)25(27)28)31(29,30)24-21(26)17-4-2-1-3-5-17/h1-5,10-12,15-16,23H,6-9,14H2,(H,24,26). The molecule has 3 rings (SSSR count). The van der Waals surface area contributed by atoms with Crippen LogP contribution in [0.1, 0.15) is 36.0 Å². The molecule has 0 aliphatic heterocycles. The number of nitrogens with zero attached hydrogens (tertiary/aromatic N) is 2. The number of hydrogen-bond donors (Lipinski definition) is 2. The van der Waals surface area contributed by atoms with Gasteiger partial charge in [0.15, 0.2) is 0 Å². The predicted octanol–water partition coefficient (Wildman–Crippen LogP) is 3.46. The van der Waals surface area contributed by atoms with Gasteiger partial charge in [-0.15, -0.1) is 0 Å². The Bertz CT molecular complexity index is 1100. The molecular formula is C21H22N4O5S. The zero-order valence-corrected chi connectivity index (χ0v) is 17.5. The van der Waals surface area contributed by atoms with Crippen molar-refractivity contribution in [3.8, 4) is 6.07 Å². The van der Waals surface area contributed by atoms with Crippen LogP contribution < -0.4 is 10.0 Å². The third kappa shape index (κ3) is 5.58. The largest absolute Gasteiger partial charge is 0.379 e. The maximum Gasteiger partial charge on any atom is 0.293 e. The lowest BCUT2D eigenvalue weighted by Crippen LogP contribution is -2.30. The molecule has 0 bridgehead atoms. The van der Waals surface area contributed by atoms with Crippen molar-refractivity contribution >= 4 is 27.3 Å². The van der Waals surface area contributed by atoms with Gasteiger partial charge in [-0.05, 0) is 55.9 Å². The van der Waals surface area contributed by atoms with Crippen LogP contribution in [-0.2, 0) is 10.0 Å². The maximum atomic E-state index is 12.6. The summed E-state index contributed by atoms with van der Waals surface area (Å²) in [5.74, 6) is -0.461. The highest BCUT2D eigenvalue weighted by atomic mass is 32.2. The van der Waals surface area contributed by atoms with Crippen molar-refractivity contribution in [1.82, 2.24) is 4.72 Å². The SMILES string of the molecule is N#CC1CCC(CNc2ccc(S(=O)(=O)NC(=O)c3ccccc3)cc2[N+](=O)[O-])CC1. The van der Waals surface area contributed by atoms with Crippen LogP contribution >= 0.6 is 0 Å². The molecule has 162 valence electrons. The van der Waals surface area contributed by atoms with E-state index in [1.165, 1.54) is 24.3 Å². The first-order chi connectivity index (χ1) is 14.8. The molecule has 1 saturated carbocycles. The molecule has 2 aromatic rings. The number of nitrogens with one attached hydrogen (secondary N) is 2. The van der Waals surface area contributed by atoms with Crippen LogP contribution in [-0.4, -0.2) is 25.8 Å². The Labute approximate surface area is 180 Å². The lowest BCUT2D eigenvalue weighted by Gasteiger charge is -2.25. The van der Waals surface area contributed by atoms with Gasteiger partial charge in [-0.25, -0.2) is 13.1 Å². The molecule has 0 atom stereocenters. The van der Waals surface area contributed by atoms with E-state index >= 15 is 0 Å². The highest BCUT2D eigenvalue weighted by Crippen LogP contribution is 2.31. The Morgan fingerprint density at radius 2 is 1.81 bits per heavy atom. The predicted molar refractivity (Wildman–Crippen MR) is 114 cm³/mol. The number of sulfonamides is 1. The highest BCUT2D eigenvalue weighted by Gasteiger charge is 2.25. The van der Waals surface area contributed by atoms with Crippen LogP contribution in [0.3, 0.4) is 0 Å². The van der Waals surface area contributed by atoms with Gasteiger partial charge in [0.2, 0.25) is 0 Å². The fourth-order valence-corrected chi connectivity index (χ4v) is 4.55. The molecule has 0 unspecified atom stereocenters.